The molecule has 0 saturated carbocycles. The molecule has 0 heterocycles. The summed E-state index contributed by atoms with van der Waals surface area (Å²) in [4.78, 5) is 10.5. The molecular weight excluding hydrogens is 182 g/mol. The summed E-state index contributed by atoms with van der Waals surface area (Å²) < 4.78 is 0. The van der Waals surface area contributed by atoms with E-state index in [1.165, 1.54) is 18.2 Å². The van der Waals surface area contributed by atoms with Crippen molar-refractivity contribution in [2.24, 2.45) is 5.73 Å². The van der Waals surface area contributed by atoms with Gasteiger partial charge in [0.2, 0.25) is 0 Å². The maximum atomic E-state index is 10.5. The molecule has 0 aliphatic rings. The summed E-state index contributed by atoms with van der Waals surface area (Å²) in [5.41, 5.74) is 11.7. The lowest BCUT2D eigenvalue weighted by Gasteiger charge is -2.07. The largest absolute Gasteiger partial charge is 0.480 e. The molecule has 0 aliphatic heterocycles. The summed E-state index contributed by atoms with van der Waals surface area (Å²) in [6, 6.07) is 5.08. The number of benzene rings is 1. The van der Waals surface area contributed by atoms with Crippen LogP contribution in [0.15, 0.2) is 18.2 Å². The molecule has 5 nitrogen and oxygen atoms in total. The van der Waals surface area contributed by atoms with Gasteiger partial charge in [0.1, 0.15) is 12.1 Å². The summed E-state index contributed by atoms with van der Waals surface area (Å²) >= 11 is 0. The minimum atomic E-state index is -1.14. The Bertz CT molecular complexity index is 409. The van der Waals surface area contributed by atoms with Crippen LogP contribution < -0.4 is 11.5 Å². The van der Waals surface area contributed by atoms with Crippen LogP contribution in [0.1, 0.15) is 17.2 Å². The van der Waals surface area contributed by atoms with Gasteiger partial charge in [-0.3, -0.25) is 4.79 Å². The Morgan fingerprint density at radius 1 is 1.57 bits per heavy atom. The molecule has 1 atom stereocenters. The predicted octanol–water partition coefficient (Wildman–Crippen LogP) is 0.225. The van der Waals surface area contributed by atoms with Gasteiger partial charge >= 0.3 is 5.97 Å². The second-order valence-corrected chi connectivity index (χ2v) is 2.77. The molecule has 0 amide bonds. The van der Waals surface area contributed by atoms with Gasteiger partial charge in [-0.1, -0.05) is 6.07 Å². The van der Waals surface area contributed by atoms with E-state index in [0.29, 0.717) is 11.3 Å². The Morgan fingerprint density at radius 2 is 2.21 bits per heavy atom. The third kappa shape index (κ3) is 1.81. The van der Waals surface area contributed by atoms with Crippen molar-refractivity contribution in [2.75, 3.05) is 5.73 Å². The summed E-state index contributed by atoms with van der Waals surface area (Å²) in [5.74, 6) is -1.14. The molecule has 0 saturated heterocycles. The molecule has 72 valence electrons. The Labute approximate surface area is 80.6 Å². The normalized spacial score (nSPS) is 11.7. The van der Waals surface area contributed by atoms with Crippen molar-refractivity contribution in [3.63, 3.8) is 0 Å². The van der Waals surface area contributed by atoms with Crippen LogP contribution in [-0.4, -0.2) is 11.1 Å². The molecule has 1 aromatic rings. The van der Waals surface area contributed by atoms with Crippen molar-refractivity contribution in [2.45, 2.75) is 6.04 Å². The first kappa shape index (κ1) is 10.0. The molecule has 1 rings (SSSR count). The van der Waals surface area contributed by atoms with E-state index in [2.05, 4.69) is 0 Å². The van der Waals surface area contributed by atoms with Gasteiger partial charge in [0.15, 0.2) is 0 Å². The average molecular weight is 191 g/mol. The third-order valence-corrected chi connectivity index (χ3v) is 1.82. The third-order valence-electron chi connectivity index (χ3n) is 1.82. The zero-order valence-electron chi connectivity index (χ0n) is 7.27. The van der Waals surface area contributed by atoms with Crippen molar-refractivity contribution < 1.29 is 9.90 Å². The van der Waals surface area contributed by atoms with Crippen molar-refractivity contribution in [3.8, 4) is 6.07 Å². The van der Waals surface area contributed by atoms with Crippen LogP contribution in [0.4, 0.5) is 5.69 Å². The van der Waals surface area contributed by atoms with Gasteiger partial charge in [-0.25, -0.2) is 0 Å². The van der Waals surface area contributed by atoms with Crippen LogP contribution in [0.25, 0.3) is 0 Å². The van der Waals surface area contributed by atoms with Crippen LogP contribution in [0.3, 0.4) is 0 Å². The van der Waals surface area contributed by atoms with Crippen LogP contribution in [0.2, 0.25) is 0 Å². The lowest BCUT2D eigenvalue weighted by atomic mass is 10.0. The number of nitrogen functional groups attached to an aromatic ring is 1. The highest BCUT2D eigenvalue weighted by Crippen LogP contribution is 2.17. The van der Waals surface area contributed by atoms with Gasteiger partial charge in [-0.15, -0.1) is 0 Å². The highest BCUT2D eigenvalue weighted by atomic mass is 16.4. The molecule has 0 aromatic heterocycles. The molecule has 14 heavy (non-hydrogen) atoms. The molecule has 5 N–H and O–H groups in total. The number of nitriles is 1. The Morgan fingerprint density at radius 3 is 2.71 bits per heavy atom. The number of carboxylic acid groups (broad SMARTS) is 1. The number of rotatable bonds is 2. The topological polar surface area (TPSA) is 113 Å². The van der Waals surface area contributed by atoms with Crippen molar-refractivity contribution in [1.82, 2.24) is 0 Å². The van der Waals surface area contributed by atoms with E-state index < -0.39 is 12.0 Å². The van der Waals surface area contributed by atoms with Crippen LogP contribution in [-0.2, 0) is 4.79 Å². The SMILES string of the molecule is N#Cc1cc([C@H](N)C(=O)O)ccc1N. The standard InChI is InChI=1S/C9H9N3O2/c10-4-6-3-5(1-2-7(6)11)8(12)9(13)14/h1-3,8H,11-12H2,(H,13,14)/t8-/m0/s1. The molecular formula is C9H9N3O2. The van der Waals surface area contributed by atoms with E-state index in [0.717, 1.165) is 0 Å². The minimum Gasteiger partial charge on any atom is -0.480 e. The van der Waals surface area contributed by atoms with Crippen LogP contribution in [0, 0.1) is 11.3 Å². The van der Waals surface area contributed by atoms with Gasteiger partial charge in [0, 0.05) is 5.69 Å². The second-order valence-electron chi connectivity index (χ2n) is 2.77. The monoisotopic (exact) mass is 191 g/mol. The van der Waals surface area contributed by atoms with Gasteiger partial charge < -0.3 is 16.6 Å². The predicted molar refractivity (Wildman–Crippen MR) is 50.1 cm³/mol. The number of hydrogen-bond acceptors (Lipinski definition) is 4. The first-order valence-electron chi connectivity index (χ1n) is 3.84. The van der Waals surface area contributed by atoms with Gasteiger partial charge in [0.05, 0.1) is 5.56 Å². The van der Waals surface area contributed by atoms with Gasteiger partial charge in [0.25, 0.3) is 0 Å². The van der Waals surface area contributed by atoms with E-state index in [4.69, 9.17) is 21.8 Å². The maximum absolute atomic E-state index is 10.5. The quantitative estimate of drug-likeness (QED) is 0.579. The lowest BCUT2D eigenvalue weighted by Crippen LogP contribution is -2.20. The summed E-state index contributed by atoms with van der Waals surface area (Å²) in [5, 5.41) is 17.3. The van der Waals surface area contributed by atoms with Gasteiger partial charge in [-0.2, -0.15) is 5.26 Å². The van der Waals surface area contributed by atoms with Gasteiger partial charge in [-0.05, 0) is 17.7 Å². The first-order valence-corrected chi connectivity index (χ1v) is 3.84. The smallest absolute Gasteiger partial charge is 0.325 e. The summed E-state index contributed by atoms with van der Waals surface area (Å²) in [7, 11) is 0. The molecule has 0 aliphatic carbocycles. The van der Waals surface area contributed by atoms with E-state index in [-0.39, 0.29) is 5.56 Å². The fourth-order valence-corrected chi connectivity index (χ4v) is 1.01. The number of carboxylic acids is 1. The van der Waals surface area contributed by atoms with Crippen LogP contribution >= 0.6 is 0 Å². The summed E-state index contributed by atoms with van der Waals surface area (Å²) in [6.07, 6.45) is 0. The zero-order valence-corrected chi connectivity index (χ0v) is 7.27. The molecule has 1 aromatic carbocycles. The first-order chi connectivity index (χ1) is 6.56. The molecule has 0 fully saturated rings. The molecule has 0 unspecified atom stereocenters. The molecule has 0 bridgehead atoms. The highest BCUT2D eigenvalue weighted by Gasteiger charge is 2.14. The number of hydrogen-bond donors (Lipinski definition) is 3. The Kier molecular flexibility index (Phi) is 2.70. The number of carbonyl (C=O) groups is 1. The fraction of sp³-hybridized carbons (Fsp3) is 0.111. The maximum Gasteiger partial charge on any atom is 0.325 e. The van der Waals surface area contributed by atoms with Crippen molar-refractivity contribution >= 4 is 11.7 Å². The van der Waals surface area contributed by atoms with E-state index in [1.807, 2.05) is 6.07 Å². The Balaban J connectivity index is 3.14. The lowest BCUT2D eigenvalue weighted by molar-refractivity contribution is -0.138. The highest BCUT2D eigenvalue weighted by molar-refractivity contribution is 5.76. The molecule has 0 radical (unpaired) electrons. The average Bonchev–Trinajstić information content (AvgIpc) is 2.17. The van der Waals surface area contributed by atoms with E-state index in [9.17, 15) is 4.79 Å². The molecule has 0 spiro atoms. The van der Waals surface area contributed by atoms with Crippen LogP contribution in [0.5, 0.6) is 0 Å². The van der Waals surface area contributed by atoms with E-state index in [1.54, 1.807) is 0 Å². The zero-order chi connectivity index (χ0) is 10.7. The second kappa shape index (κ2) is 3.77. The number of nitrogens with zero attached hydrogens (tertiary/aromatic N) is 1. The van der Waals surface area contributed by atoms with Crippen molar-refractivity contribution in [1.29, 1.82) is 5.26 Å². The van der Waals surface area contributed by atoms with Crippen molar-refractivity contribution in [3.05, 3.63) is 29.3 Å². The molecule has 5 heteroatoms. The number of anilines is 1. The fourth-order valence-electron chi connectivity index (χ4n) is 1.01. The minimum absolute atomic E-state index is 0.235. The Hall–Kier alpha value is -2.06. The number of aliphatic carboxylic acids is 1. The summed E-state index contributed by atoms with van der Waals surface area (Å²) in [6.45, 7) is 0. The van der Waals surface area contributed by atoms with E-state index >= 15 is 0 Å². The number of nitrogens with two attached hydrogens (primary N) is 2.